The van der Waals surface area contributed by atoms with Crippen LogP contribution in [0.25, 0.3) is 6.08 Å². The van der Waals surface area contributed by atoms with Gasteiger partial charge in [0.1, 0.15) is 6.54 Å². The van der Waals surface area contributed by atoms with Crippen molar-refractivity contribution in [1.29, 1.82) is 0 Å². The maximum absolute atomic E-state index is 12.1. The molecule has 114 valence electrons. The van der Waals surface area contributed by atoms with E-state index in [0.29, 0.717) is 13.1 Å². The van der Waals surface area contributed by atoms with Gasteiger partial charge in [-0.3, -0.25) is 9.59 Å². The molecule has 0 saturated heterocycles. The van der Waals surface area contributed by atoms with Gasteiger partial charge in [-0.2, -0.15) is 0 Å². The number of likely N-dealkylation sites (N-methyl/N-ethyl adjacent to an activating group) is 1. The number of aliphatic carboxylic acids is 1. The molecule has 1 aromatic rings. The molecule has 21 heavy (non-hydrogen) atoms. The van der Waals surface area contributed by atoms with Gasteiger partial charge >= 0.3 is 5.97 Å². The average Bonchev–Trinajstić information content (AvgIpc) is 2.41. The van der Waals surface area contributed by atoms with Gasteiger partial charge in [-0.25, -0.2) is 0 Å². The van der Waals surface area contributed by atoms with Crippen LogP contribution in [0.2, 0.25) is 0 Å². The Kier molecular flexibility index (Phi) is 7.11. The molecule has 0 aromatic heterocycles. The fourth-order valence-electron chi connectivity index (χ4n) is 1.63. The minimum Gasteiger partial charge on any atom is -0.480 e. The van der Waals surface area contributed by atoms with Crippen molar-refractivity contribution in [3.63, 3.8) is 0 Å². The van der Waals surface area contributed by atoms with Gasteiger partial charge in [-0.05, 0) is 31.8 Å². The van der Waals surface area contributed by atoms with Gasteiger partial charge in [-0.15, -0.1) is 0 Å². The maximum Gasteiger partial charge on any atom is 0.323 e. The van der Waals surface area contributed by atoms with Crippen LogP contribution in [-0.2, 0) is 9.59 Å². The first-order valence-corrected chi connectivity index (χ1v) is 7.27. The van der Waals surface area contributed by atoms with Crippen LogP contribution in [-0.4, -0.2) is 60.5 Å². The third kappa shape index (κ3) is 6.55. The van der Waals surface area contributed by atoms with Crippen molar-refractivity contribution in [3.8, 4) is 0 Å². The van der Waals surface area contributed by atoms with Gasteiger partial charge in [0.15, 0.2) is 0 Å². The van der Waals surface area contributed by atoms with Crippen LogP contribution in [0.15, 0.2) is 34.8 Å². The van der Waals surface area contributed by atoms with Crippen LogP contribution in [0.5, 0.6) is 0 Å². The third-order valence-corrected chi connectivity index (χ3v) is 3.49. The van der Waals surface area contributed by atoms with Crippen LogP contribution >= 0.6 is 15.9 Å². The lowest BCUT2D eigenvalue weighted by atomic mass is 10.2. The lowest BCUT2D eigenvalue weighted by molar-refractivity contribution is -0.142. The van der Waals surface area contributed by atoms with Crippen LogP contribution in [0.3, 0.4) is 0 Å². The lowest BCUT2D eigenvalue weighted by Crippen LogP contribution is -2.39. The molecule has 5 nitrogen and oxygen atoms in total. The molecule has 0 radical (unpaired) electrons. The first-order valence-electron chi connectivity index (χ1n) is 6.48. The highest BCUT2D eigenvalue weighted by atomic mass is 79.9. The second kappa shape index (κ2) is 8.59. The van der Waals surface area contributed by atoms with E-state index in [-0.39, 0.29) is 12.5 Å². The third-order valence-electron chi connectivity index (χ3n) is 2.77. The van der Waals surface area contributed by atoms with E-state index in [4.69, 9.17) is 5.11 Å². The zero-order chi connectivity index (χ0) is 15.8. The van der Waals surface area contributed by atoms with Crippen molar-refractivity contribution in [2.75, 3.05) is 33.7 Å². The number of amides is 1. The monoisotopic (exact) mass is 354 g/mol. The van der Waals surface area contributed by atoms with Gasteiger partial charge in [0.25, 0.3) is 0 Å². The molecule has 0 aliphatic carbocycles. The Morgan fingerprint density at radius 3 is 2.48 bits per heavy atom. The van der Waals surface area contributed by atoms with E-state index in [9.17, 15) is 9.59 Å². The fourth-order valence-corrected chi connectivity index (χ4v) is 2.04. The molecule has 0 fully saturated rings. The molecule has 0 aliphatic heterocycles. The van der Waals surface area contributed by atoms with E-state index in [1.165, 1.54) is 11.0 Å². The number of carboxylic acids is 1. The van der Waals surface area contributed by atoms with Gasteiger partial charge in [0, 0.05) is 23.6 Å². The van der Waals surface area contributed by atoms with Gasteiger partial charge in [0.05, 0.1) is 0 Å². The molecule has 0 unspecified atom stereocenters. The lowest BCUT2D eigenvalue weighted by Gasteiger charge is -2.21. The molecule has 0 heterocycles. The normalized spacial score (nSPS) is 11.0. The highest BCUT2D eigenvalue weighted by molar-refractivity contribution is 9.10. The van der Waals surface area contributed by atoms with E-state index in [2.05, 4.69) is 15.9 Å². The van der Waals surface area contributed by atoms with E-state index in [0.717, 1.165) is 10.0 Å². The molecule has 0 aliphatic rings. The Morgan fingerprint density at radius 1 is 1.24 bits per heavy atom. The molecule has 1 N–H and O–H groups in total. The Labute approximate surface area is 133 Å². The zero-order valence-corrected chi connectivity index (χ0v) is 13.7. The summed E-state index contributed by atoms with van der Waals surface area (Å²) in [4.78, 5) is 26.2. The van der Waals surface area contributed by atoms with Crippen molar-refractivity contribution in [2.45, 2.75) is 0 Å². The first kappa shape index (κ1) is 17.4. The Bertz CT molecular complexity index is 529. The molecule has 0 atom stereocenters. The summed E-state index contributed by atoms with van der Waals surface area (Å²) in [6, 6.07) is 7.51. The summed E-state index contributed by atoms with van der Waals surface area (Å²) in [7, 11) is 3.75. The van der Waals surface area contributed by atoms with Gasteiger partial charge in [-0.1, -0.05) is 34.1 Å². The second-order valence-electron chi connectivity index (χ2n) is 4.81. The summed E-state index contributed by atoms with van der Waals surface area (Å²) >= 11 is 3.40. The molecule has 0 spiro atoms. The van der Waals surface area contributed by atoms with Crippen molar-refractivity contribution < 1.29 is 14.7 Å². The Balaban J connectivity index is 2.75. The number of halogens is 1. The molecule has 0 saturated carbocycles. The second-order valence-corrected chi connectivity index (χ2v) is 5.67. The summed E-state index contributed by atoms with van der Waals surface area (Å²) in [5, 5.41) is 8.89. The number of carboxylic acid groups (broad SMARTS) is 1. The number of hydrogen-bond acceptors (Lipinski definition) is 3. The van der Waals surface area contributed by atoms with Crippen LogP contribution in [0.4, 0.5) is 0 Å². The quantitative estimate of drug-likeness (QED) is 0.760. The maximum atomic E-state index is 12.1. The summed E-state index contributed by atoms with van der Waals surface area (Å²) in [6.45, 7) is 0.688. The molecule has 1 amide bonds. The zero-order valence-electron chi connectivity index (χ0n) is 12.1. The van der Waals surface area contributed by atoms with Crippen molar-refractivity contribution in [1.82, 2.24) is 9.80 Å². The standard InChI is InChI=1S/C15H19BrN2O3/c1-17(2)9-10-18(11-15(20)21)14(19)8-7-12-5-3-4-6-13(12)16/h3-8H,9-11H2,1-2H3,(H,20,21)/b8-7+. The summed E-state index contributed by atoms with van der Waals surface area (Å²) < 4.78 is 0.882. The van der Waals surface area contributed by atoms with Gasteiger partial charge in [0.2, 0.25) is 5.91 Å². The smallest absolute Gasteiger partial charge is 0.323 e. The fraction of sp³-hybridized carbons (Fsp3) is 0.333. The highest BCUT2D eigenvalue weighted by Crippen LogP contribution is 2.17. The molecule has 6 heteroatoms. The highest BCUT2D eigenvalue weighted by Gasteiger charge is 2.14. The van der Waals surface area contributed by atoms with Gasteiger partial charge < -0.3 is 14.9 Å². The summed E-state index contributed by atoms with van der Waals surface area (Å²) in [5.41, 5.74) is 0.869. The van der Waals surface area contributed by atoms with Crippen molar-refractivity contribution in [2.24, 2.45) is 0 Å². The van der Waals surface area contributed by atoms with E-state index >= 15 is 0 Å². The summed E-state index contributed by atoms with van der Waals surface area (Å²) in [5.74, 6) is -1.33. The molecule has 1 aromatic carbocycles. The molecule has 1 rings (SSSR count). The predicted molar refractivity (Wildman–Crippen MR) is 85.9 cm³/mol. The van der Waals surface area contributed by atoms with Crippen LogP contribution in [0.1, 0.15) is 5.56 Å². The number of nitrogens with zero attached hydrogens (tertiary/aromatic N) is 2. The predicted octanol–water partition coefficient (Wildman–Crippen LogP) is 1.94. The molecule has 0 bridgehead atoms. The average molecular weight is 355 g/mol. The van der Waals surface area contributed by atoms with Crippen LogP contribution in [0, 0.1) is 0 Å². The van der Waals surface area contributed by atoms with Crippen molar-refractivity contribution >= 4 is 33.9 Å². The largest absolute Gasteiger partial charge is 0.480 e. The SMILES string of the molecule is CN(C)CCN(CC(=O)O)C(=O)/C=C/c1ccccc1Br. The van der Waals surface area contributed by atoms with E-state index in [1.807, 2.05) is 43.3 Å². The number of hydrogen-bond donors (Lipinski definition) is 1. The number of rotatable bonds is 7. The Hall–Kier alpha value is -1.66. The Morgan fingerprint density at radius 2 is 1.90 bits per heavy atom. The summed E-state index contributed by atoms with van der Waals surface area (Å²) in [6.07, 6.45) is 3.08. The van der Waals surface area contributed by atoms with E-state index in [1.54, 1.807) is 6.08 Å². The molecular weight excluding hydrogens is 336 g/mol. The first-order chi connectivity index (χ1) is 9.90. The van der Waals surface area contributed by atoms with Crippen molar-refractivity contribution in [3.05, 3.63) is 40.4 Å². The minimum absolute atomic E-state index is 0.299. The molecular formula is C15H19BrN2O3. The minimum atomic E-state index is -1.02. The van der Waals surface area contributed by atoms with E-state index < -0.39 is 5.97 Å². The topological polar surface area (TPSA) is 60.9 Å². The number of carbonyl (C=O) groups is 2. The van der Waals surface area contributed by atoms with Crippen LogP contribution < -0.4 is 0 Å². The number of carbonyl (C=O) groups excluding carboxylic acids is 1. The number of benzene rings is 1.